The molecule has 0 aliphatic carbocycles. The van der Waals surface area contributed by atoms with Gasteiger partial charge in [-0.2, -0.15) is 5.06 Å². The number of rotatable bonds is 2. The Kier molecular flexibility index (Phi) is 3.98. The molecule has 0 radical (unpaired) electrons. The molecule has 5 heteroatoms. The Balaban J connectivity index is 2.21. The number of carbonyl (C=O) groups is 1. The Morgan fingerprint density at radius 3 is 2.38 bits per heavy atom. The van der Waals surface area contributed by atoms with Crippen LogP contribution in [-0.2, 0) is 14.3 Å². The van der Waals surface area contributed by atoms with E-state index in [4.69, 9.17) is 9.57 Å². The molecule has 0 bridgehead atoms. The molecule has 1 fully saturated rings. The third-order valence-electron chi connectivity index (χ3n) is 2.09. The third kappa shape index (κ3) is 3.20. The van der Waals surface area contributed by atoms with Crippen LogP contribution in [0.15, 0.2) is 0 Å². The first-order chi connectivity index (χ1) is 6.26. The van der Waals surface area contributed by atoms with E-state index in [1.54, 1.807) is 7.11 Å². The fourth-order valence-corrected chi connectivity index (χ4v) is 1.32. The molecular weight excluding hydrogens is 174 g/mol. The lowest BCUT2D eigenvalue weighted by Gasteiger charge is -2.29. The van der Waals surface area contributed by atoms with Crippen molar-refractivity contribution < 1.29 is 19.1 Å². The minimum absolute atomic E-state index is 0.0288. The topological polar surface area (TPSA) is 48.0 Å². The molecule has 1 rings (SSSR count). The molecule has 0 aromatic heterocycles. The first-order valence-electron chi connectivity index (χ1n) is 4.30. The fraction of sp³-hybridized carbons (Fsp3) is 0.875. The molecule has 0 unspecified atom stereocenters. The predicted molar refractivity (Wildman–Crippen MR) is 45.1 cm³/mol. The summed E-state index contributed by atoms with van der Waals surface area (Å²) in [6.07, 6.45) is 0.959. The first kappa shape index (κ1) is 10.3. The highest BCUT2D eigenvalue weighted by molar-refractivity contribution is 5.59. The number of hydrogen-bond donors (Lipinski definition) is 0. The highest BCUT2D eigenvalue weighted by Gasteiger charge is 2.22. The number of hydroxylamine groups is 2. The van der Waals surface area contributed by atoms with Gasteiger partial charge in [0.2, 0.25) is 0 Å². The van der Waals surface area contributed by atoms with Crippen LogP contribution in [0.25, 0.3) is 0 Å². The van der Waals surface area contributed by atoms with E-state index >= 15 is 0 Å². The smallest absolute Gasteiger partial charge is 0.438 e. The molecule has 1 saturated heterocycles. The minimum Gasteiger partial charge on any atom is -0.438 e. The maximum atomic E-state index is 10.7. The summed E-state index contributed by atoms with van der Waals surface area (Å²) in [6.45, 7) is 1.58. The summed E-state index contributed by atoms with van der Waals surface area (Å²) in [5.74, 6) is 0. The summed E-state index contributed by atoms with van der Waals surface area (Å²) in [5, 5.41) is 1.84. The number of hydrogen-bond acceptors (Lipinski definition) is 5. The Hall–Kier alpha value is -0.810. The zero-order valence-corrected chi connectivity index (χ0v) is 7.99. The van der Waals surface area contributed by atoms with E-state index in [9.17, 15) is 4.79 Å². The van der Waals surface area contributed by atoms with E-state index in [1.165, 1.54) is 7.11 Å². The van der Waals surface area contributed by atoms with Gasteiger partial charge in [0, 0.05) is 13.1 Å². The van der Waals surface area contributed by atoms with Gasteiger partial charge in [-0.1, -0.05) is 0 Å². The van der Waals surface area contributed by atoms with Crippen LogP contribution in [0.3, 0.4) is 0 Å². The summed E-state index contributed by atoms with van der Waals surface area (Å²) in [4.78, 5) is 15.8. The predicted octanol–water partition coefficient (Wildman–Crippen LogP) is 0.795. The van der Waals surface area contributed by atoms with Crippen molar-refractivity contribution in [3.05, 3.63) is 0 Å². The van der Waals surface area contributed by atoms with Gasteiger partial charge >= 0.3 is 6.16 Å². The van der Waals surface area contributed by atoms with E-state index in [0.717, 1.165) is 25.9 Å². The number of methoxy groups -OCH3 is 1. The average molecular weight is 189 g/mol. The van der Waals surface area contributed by atoms with Crippen LogP contribution < -0.4 is 0 Å². The SMILES string of the molecule is COC(=O)OC1CCN(OC)CC1. The number of carbonyl (C=O) groups excluding carboxylic acids is 1. The molecule has 5 nitrogen and oxygen atoms in total. The number of piperidine rings is 1. The Labute approximate surface area is 77.5 Å². The van der Waals surface area contributed by atoms with Gasteiger partial charge in [-0.15, -0.1) is 0 Å². The second-order valence-electron chi connectivity index (χ2n) is 2.88. The molecule has 0 N–H and O–H groups in total. The van der Waals surface area contributed by atoms with Gasteiger partial charge in [0.05, 0.1) is 14.2 Å². The quantitative estimate of drug-likeness (QED) is 0.601. The van der Waals surface area contributed by atoms with Crippen molar-refractivity contribution in [2.45, 2.75) is 18.9 Å². The van der Waals surface area contributed by atoms with Crippen molar-refractivity contribution in [1.82, 2.24) is 5.06 Å². The second-order valence-corrected chi connectivity index (χ2v) is 2.88. The largest absolute Gasteiger partial charge is 0.508 e. The van der Waals surface area contributed by atoms with E-state index in [0.29, 0.717) is 0 Å². The fourth-order valence-electron chi connectivity index (χ4n) is 1.32. The van der Waals surface area contributed by atoms with Gasteiger partial charge < -0.3 is 14.3 Å². The molecule has 0 aromatic carbocycles. The molecule has 0 aromatic rings. The highest BCUT2D eigenvalue weighted by atomic mass is 16.7. The van der Waals surface area contributed by atoms with Crippen LogP contribution in [0.1, 0.15) is 12.8 Å². The number of nitrogens with zero attached hydrogens (tertiary/aromatic N) is 1. The summed E-state index contributed by atoms with van der Waals surface area (Å²) in [6, 6.07) is 0. The average Bonchev–Trinajstić information content (AvgIpc) is 2.19. The van der Waals surface area contributed by atoms with Crippen molar-refractivity contribution >= 4 is 6.16 Å². The Morgan fingerprint density at radius 2 is 1.92 bits per heavy atom. The summed E-state index contributed by atoms with van der Waals surface area (Å²) in [7, 11) is 2.95. The molecule has 0 spiro atoms. The van der Waals surface area contributed by atoms with Crippen molar-refractivity contribution in [2.75, 3.05) is 27.3 Å². The van der Waals surface area contributed by atoms with E-state index in [2.05, 4.69) is 4.74 Å². The van der Waals surface area contributed by atoms with Gasteiger partial charge in [0.15, 0.2) is 0 Å². The molecule has 13 heavy (non-hydrogen) atoms. The maximum Gasteiger partial charge on any atom is 0.508 e. The normalized spacial score (nSPS) is 19.8. The summed E-state index contributed by atoms with van der Waals surface area (Å²) >= 11 is 0. The molecule has 76 valence electrons. The monoisotopic (exact) mass is 189 g/mol. The van der Waals surface area contributed by atoms with Crippen LogP contribution in [0, 0.1) is 0 Å². The van der Waals surface area contributed by atoms with Gasteiger partial charge in [0.25, 0.3) is 0 Å². The van der Waals surface area contributed by atoms with Gasteiger partial charge in [-0.05, 0) is 12.8 Å². The zero-order valence-electron chi connectivity index (χ0n) is 7.99. The standard InChI is InChI=1S/C8H15NO4/c1-11-8(10)13-7-3-5-9(12-2)6-4-7/h7H,3-6H2,1-2H3. The van der Waals surface area contributed by atoms with E-state index in [-0.39, 0.29) is 6.10 Å². The molecule has 0 amide bonds. The summed E-state index contributed by atoms with van der Waals surface area (Å²) in [5.41, 5.74) is 0. The zero-order chi connectivity index (χ0) is 9.68. The second kappa shape index (κ2) is 5.04. The van der Waals surface area contributed by atoms with Crippen molar-refractivity contribution in [1.29, 1.82) is 0 Å². The van der Waals surface area contributed by atoms with Crippen LogP contribution in [-0.4, -0.2) is 44.6 Å². The van der Waals surface area contributed by atoms with Crippen molar-refractivity contribution in [3.63, 3.8) is 0 Å². The first-order valence-corrected chi connectivity index (χ1v) is 4.30. The lowest BCUT2D eigenvalue weighted by molar-refractivity contribution is -0.156. The molecule has 1 aliphatic rings. The van der Waals surface area contributed by atoms with Gasteiger partial charge in [-0.3, -0.25) is 0 Å². The van der Waals surface area contributed by atoms with Crippen LogP contribution in [0.5, 0.6) is 0 Å². The molecule has 1 aliphatic heterocycles. The highest BCUT2D eigenvalue weighted by Crippen LogP contribution is 2.13. The van der Waals surface area contributed by atoms with Crippen molar-refractivity contribution in [3.8, 4) is 0 Å². The minimum atomic E-state index is -0.601. The third-order valence-corrected chi connectivity index (χ3v) is 2.09. The Morgan fingerprint density at radius 1 is 1.31 bits per heavy atom. The maximum absolute atomic E-state index is 10.7. The molecule has 1 heterocycles. The molecule has 0 saturated carbocycles. The molecular formula is C8H15NO4. The number of ether oxygens (including phenoxy) is 2. The van der Waals surface area contributed by atoms with Crippen molar-refractivity contribution in [2.24, 2.45) is 0 Å². The lowest BCUT2D eigenvalue weighted by atomic mass is 10.1. The lowest BCUT2D eigenvalue weighted by Crippen LogP contribution is -2.37. The van der Waals surface area contributed by atoms with E-state index in [1.807, 2.05) is 5.06 Å². The van der Waals surface area contributed by atoms with Gasteiger partial charge in [0.1, 0.15) is 6.10 Å². The molecule has 0 atom stereocenters. The Bertz CT molecular complexity index is 166. The van der Waals surface area contributed by atoms with Crippen LogP contribution >= 0.6 is 0 Å². The van der Waals surface area contributed by atoms with E-state index < -0.39 is 6.16 Å². The van der Waals surface area contributed by atoms with Crippen LogP contribution in [0.2, 0.25) is 0 Å². The summed E-state index contributed by atoms with van der Waals surface area (Å²) < 4.78 is 9.39. The van der Waals surface area contributed by atoms with Gasteiger partial charge in [-0.25, -0.2) is 4.79 Å². The van der Waals surface area contributed by atoms with Crippen LogP contribution in [0.4, 0.5) is 4.79 Å².